The zero-order valence-electron chi connectivity index (χ0n) is 14.6. The van der Waals surface area contributed by atoms with Crippen LogP contribution in [0.4, 0.5) is 0 Å². The quantitative estimate of drug-likeness (QED) is 0.607. The average Bonchev–Trinajstić information content (AvgIpc) is 3.29. The van der Waals surface area contributed by atoms with Crippen LogP contribution in [0, 0.1) is 6.92 Å². The number of hydrogen-bond donors (Lipinski definition) is 2. The number of aromatic nitrogens is 2. The molecule has 0 amide bonds. The highest BCUT2D eigenvalue weighted by Gasteiger charge is 2.43. The molecule has 0 atom stereocenters. The van der Waals surface area contributed by atoms with Gasteiger partial charge in [-0.15, -0.1) is 0 Å². The molecule has 0 saturated heterocycles. The number of aryl methyl sites for hydroxylation is 1. The summed E-state index contributed by atoms with van der Waals surface area (Å²) in [6.45, 7) is 7.50. The van der Waals surface area contributed by atoms with Crippen molar-refractivity contribution in [2.24, 2.45) is 4.99 Å². The SMILES string of the molecule is CCNC(=NCC1(c2ccccc2)CC1)NCCn1cc(C)cn1. The van der Waals surface area contributed by atoms with Gasteiger partial charge in [-0.3, -0.25) is 9.67 Å². The Hall–Kier alpha value is -2.30. The van der Waals surface area contributed by atoms with Crippen LogP contribution in [0.1, 0.15) is 30.9 Å². The number of benzene rings is 1. The molecule has 2 aromatic rings. The van der Waals surface area contributed by atoms with Gasteiger partial charge in [-0.25, -0.2) is 0 Å². The summed E-state index contributed by atoms with van der Waals surface area (Å²) >= 11 is 0. The van der Waals surface area contributed by atoms with Gasteiger partial charge in [-0.1, -0.05) is 30.3 Å². The van der Waals surface area contributed by atoms with Crippen LogP contribution in [-0.4, -0.2) is 35.4 Å². The van der Waals surface area contributed by atoms with E-state index in [1.807, 2.05) is 10.9 Å². The summed E-state index contributed by atoms with van der Waals surface area (Å²) in [5.41, 5.74) is 2.86. The van der Waals surface area contributed by atoms with Gasteiger partial charge < -0.3 is 10.6 Å². The number of rotatable bonds is 7. The molecule has 0 unspecified atom stereocenters. The largest absolute Gasteiger partial charge is 0.357 e. The summed E-state index contributed by atoms with van der Waals surface area (Å²) in [6.07, 6.45) is 6.40. The van der Waals surface area contributed by atoms with Crippen molar-refractivity contribution < 1.29 is 0 Å². The first-order chi connectivity index (χ1) is 11.7. The molecule has 0 aliphatic heterocycles. The lowest BCUT2D eigenvalue weighted by atomic mass is 9.96. The van der Waals surface area contributed by atoms with Crippen molar-refractivity contribution in [3.8, 4) is 0 Å². The molecule has 2 N–H and O–H groups in total. The standard InChI is InChI=1S/C19H27N5/c1-3-20-18(21-11-12-24-14-16(2)13-23-24)22-15-19(9-10-19)17-7-5-4-6-8-17/h4-8,13-14H,3,9-12,15H2,1-2H3,(H2,20,21,22). The summed E-state index contributed by atoms with van der Waals surface area (Å²) in [7, 11) is 0. The number of nitrogens with zero attached hydrogens (tertiary/aromatic N) is 3. The van der Waals surface area contributed by atoms with Crippen molar-refractivity contribution in [2.75, 3.05) is 19.6 Å². The molecule has 1 fully saturated rings. The minimum Gasteiger partial charge on any atom is -0.357 e. The van der Waals surface area contributed by atoms with Crippen molar-refractivity contribution >= 4 is 5.96 Å². The van der Waals surface area contributed by atoms with Crippen molar-refractivity contribution in [3.63, 3.8) is 0 Å². The van der Waals surface area contributed by atoms with E-state index < -0.39 is 0 Å². The molecule has 1 aliphatic rings. The van der Waals surface area contributed by atoms with Crippen molar-refractivity contribution in [1.82, 2.24) is 20.4 Å². The lowest BCUT2D eigenvalue weighted by Gasteiger charge is -2.16. The fourth-order valence-corrected chi connectivity index (χ4v) is 2.93. The van der Waals surface area contributed by atoms with Crippen LogP contribution < -0.4 is 10.6 Å². The van der Waals surface area contributed by atoms with Gasteiger partial charge in [0.1, 0.15) is 0 Å². The van der Waals surface area contributed by atoms with Gasteiger partial charge >= 0.3 is 0 Å². The Labute approximate surface area is 144 Å². The smallest absolute Gasteiger partial charge is 0.191 e. The molecule has 1 heterocycles. The Balaban J connectivity index is 1.55. The molecular formula is C19H27N5. The Morgan fingerprint density at radius 2 is 2.04 bits per heavy atom. The molecule has 128 valence electrons. The summed E-state index contributed by atoms with van der Waals surface area (Å²) in [5, 5.41) is 11.1. The normalized spacial score (nSPS) is 16.0. The molecule has 5 nitrogen and oxygen atoms in total. The second-order valence-corrected chi connectivity index (χ2v) is 6.55. The third kappa shape index (κ3) is 4.16. The molecule has 0 bridgehead atoms. The predicted molar refractivity (Wildman–Crippen MR) is 98.3 cm³/mol. The second kappa shape index (κ2) is 7.51. The summed E-state index contributed by atoms with van der Waals surface area (Å²) < 4.78 is 1.96. The summed E-state index contributed by atoms with van der Waals surface area (Å²) in [6, 6.07) is 10.8. The highest BCUT2D eigenvalue weighted by atomic mass is 15.3. The number of nitrogens with one attached hydrogen (secondary N) is 2. The minimum absolute atomic E-state index is 0.253. The summed E-state index contributed by atoms with van der Waals surface area (Å²) in [5.74, 6) is 0.892. The van der Waals surface area contributed by atoms with Crippen molar-refractivity contribution in [3.05, 3.63) is 53.9 Å². The third-order valence-electron chi connectivity index (χ3n) is 4.52. The van der Waals surface area contributed by atoms with Crippen LogP contribution in [0.2, 0.25) is 0 Å². The van der Waals surface area contributed by atoms with E-state index in [1.54, 1.807) is 0 Å². The molecule has 0 radical (unpaired) electrons. The van der Waals surface area contributed by atoms with Gasteiger partial charge in [-0.05, 0) is 37.8 Å². The van der Waals surface area contributed by atoms with E-state index >= 15 is 0 Å². The highest BCUT2D eigenvalue weighted by molar-refractivity contribution is 5.79. The Morgan fingerprint density at radius 3 is 2.67 bits per heavy atom. The van der Waals surface area contributed by atoms with Gasteiger partial charge in [0.05, 0.1) is 19.3 Å². The van der Waals surface area contributed by atoms with Gasteiger partial charge in [0.2, 0.25) is 0 Å². The Bertz CT molecular complexity index is 670. The summed E-state index contributed by atoms with van der Waals surface area (Å²) in [4.78, 5) is 4.83. The van der Waals surface area contributed by atoms with Gasteiger partial charge in [0.15, 0.2) is 5.96 Å². The Morgan fingerprint density at radius 1 is 1.25 bits per heavy atom. The Kier molecular flexibility index (Phi) is 5.18. The number of hydrogen-bond acceptors (Lipinski definition) is 2. The molecule has 1 saturated carbocycles. The lowest BCUT2D eigenvalue weighted by Crippen LogP contribution is -2.39. The minimum atomic E-state index is 0.253. The topological polar surface area (TPSA) is 54.2 Å². The predicted octanol–water partition coefficient (Wildman–Crippen LogP) is 2.48. The van der Waals surface area contributed by atoms with Crippen LogP contribution in [-0.2, 0) is 12.0 Å². The third-order valence-corrected chi connectivity index (χ3v) is 4.52. The number of aliphatic imine (C=N–C) groups is 1. The second-order valence-electron chi connectivity index (χ2n) is 6.55. The number of guanidine groups is 1. The molecule has 0 spiro atoms. The average molecular weight is 325 g/mol. The van der Waals surface area contributed by atoms with Gasteiger partial charge in [0.25, 0.3) is 0 Å². The molecule has 1 aromatic heterocycles. The monoisotopic (exact) mass is 325 g/mol. The fourth-order valence-electron chi connectivity index (χ4n) is 2.93. The first kappa shape index (κ1) is 16.6. The molecule has 1 aromatic carbocycles. The first-order valence-electron chi connectivity index (χ1n) is 8.79. The molecule has 3 rings (SSSR count). The molecule has 1 aliphatic carbocycles. The van der Waals surface area contributed by atoms with E-state index in [2.05, 4.69) is 66.1 Å². The van der Waals surface area contributed by atoms with E-state index in [4.69, 9.17) is 4.99 Å². The molecule has 5 heteroatoms. The molecular weight excluding hydrogens is 298 g/mol. The zero-order valence-corrected chi connectivity index (χ0v) is 14.6. The lowest BCUT2D eigenvalue weighted by molar-refractivity contribution is 0.596. The first-order valence-corrected chi connectivity index (χ1v) is 8.79. The van der Waals surface area contributed by atoms with E-state index in [9.17, 15) is 0 Å². The van der Waals surface area contributed by atoms with Gasteiger partial charge in [0, 0.05) is 24.7 Å². The van der Waals surface area contributed by atoms with Gasteiger partial charge in [-0.2, -0.15) is 5.10 Å². The van der Waals surface area contributed by atoms with Crippen LogP contribution in [0.5, 0.6) is 0 Å². The van der Waals surface area contributed by atoms with Crippen LogP contribution in [0.3, 0.4) is 0 Å². The molecule has 24 heavy (non-hydrogen) atoms. The maximum Gasteiger partial charge on any atom is 0.191 e. The van der Waals surface area contributed by atoms with Crippen molar-refractivity contribution in [2.45, 2.75) is 38.6 Å². The van der Waals surface area contributed by atoms with E-state index in [1.165, 1.54) is 24.0 Å². The fraction of sp³-hybridized carbons (Fsp3) is 0.474. The van der Waals surface area contributed by atoms with E-state index in [0.29, 0.717) is 0 Å². The highest BCUT2D eigenvalue weighted by Crippen LogP contribution is 2.48. The van der Waals surface area contributed by atoms with Crippen molar-refractivity contribution in [1.29, 1.82) is 0 Å². The van der Waals surface area contributed by atoms with Crippen LogP contribution >= 0.6 is 0 Å². The van der Waals surface area contributed by atoms with E-state index in [0.717, 1.165) is 32.1 Å². The maximum atomic E-state index is 4.83. The maximum absolute atomic E-state index is 4.83. The van der Waals surface area contributed by atoms with E-state index in [-0.39, 0.29) is 5.41 Å². The van der Waals surface area contributed by atoms with Crippen LogP contribution in [0.25, 0.3) is 0 Å². The van der Waals surface area contributed by atoms with Crippen LogP contribution in [0.15, 0.2) is 47.7 Å². The zero-order chi connectivity index (χ0) is 16.8.